The van der Waals surface area contributed by atoms with Crippen LogP contribution < -0.4 is 10.8 Å². The molecule has 3 N–H and O–H groups in total. The molecular weight excluding hydrogens is 383 g/mol. The highest BCUT2D eigenvalue weighted by molar-refractivity contribution is 7.99. The molecule has 1 aliphatic rings. The molecule has 0 atom stereocenters. The van der Waals surface area contributed by atoms with Crippen molar-refractivity contribution in [3.8, 4) is 11.3 Å². The molecule has 1 aromatic heterocycles. The number of halogens is 3. The normalized spacial score (nSPS) is 15.6. The molecule has 6 nitrogen and oxygen atoms in total. The fourth-order valence-corrected chi connectivity index (χ4v) is 3.93. The van der Waals surface area contributed by atoms with Gasteiger partial charge >= 0.3 is 0 Å². The zero-order valence-corrected chi connectivity index (χ0v) is 15.4. The molecule has 10 heteroatoms. The number of nitrogens with one attached hydrogen (secondary N) is 2. The molecule has 27 heavy (non-hydrogen) atoms. The fourth-order valence-electron chi connectivity index (χ4n) is 2.54. The van der Waals surface area contributed by atoms with Crippen molar-refractivity contribution in [2.75, 3.05) is 11.5 Å². The van der Waals surface area contributed by atoms with Crippen LogP contribution in [-0.2, 0) is 11.3 Å². The van der Waals surface area contributed by atoms with E-state index in [0.29, 0.717) is 12.2 Å². The molecule has 1 aromatic carbocycles. The van der Waals surface area contributed by atoms with Crippen LogP contribution in [0.3, 0.4) is 0 Å². The zero-order chi connectivity index (χ0) is 19.9. The number of thioether (sulfide) groups is 1. The second-order valence-corrected chi connectivity index (χ2v) is 7.40. The average molecular weight is 403 g/mol. The number of hydrogen-bond donors (Lipinski definition) is 3. The quantitative estimate of drug-likeness (QED) is 0.307. The molecule has 1 aliphatic heterocycles. The Morgan fingerprint density at radius 3 is 2.59 bits per heavy atom. The van der Waals surface area contributed by atoms with Crippen molar-refractivity contribution in [1.29, 1.82) is 0 Å². The molecule has 0 bridgehead atoms. The maximum atomic E-state index is 13.8. The Hall–Kier alpha value is -2.04. The summed E-state index contributed by atoms with van der Waals surface area (Å²) in [5, 5.41) is 14.6. The van der Waals surface area contributed by atoms with E-state index in [0.717, 1.165) is 36.5 Å². The number of benzene rings is 1. The van der Waals surface area contributed by atoms with Crippen molar-refractivity contribution in [2.45, 2.75) is 31.8 Å². The molecule has 2 heterocycles. The van der Waals surface area contributed by atoms with Crippen LogP contribution in [0, 0.1) is 17.5 Å². The first-order valence-electron chi connectivity index (χ1n) is 8.15. The lowest BCUT2D eigenvalue weighted by Crippen LogP contribution is -2.44. The van der Waals surface area contributed by atoms with Gasteiger partial charge in [-0.2, -0.15) is 11.8 Å². The van der Waals surface area contributed by atoms with Gasteiger partial charge in [0.1, 0.15) is 0 Å². The monoisotopic (exact) mass is 403 g/mol. The van der Waals surface area contributed by atoms with Gasteiger partial charge in [-0.1, -0.05) is 5.16 Å². The van der Waals surface area contributed by atoms with Crippen molar-refractivity contribution in [1.82, 2.24) is 16.0 Å². The van der Waals surface area contributed by atoms with Crippen molar-refractivity contribution in [2.24, 2.45) is 0 Å². The Bertz CT molecular complexity index is 767. The number of carbonyl (C=O) groups is 1. The maximum absolute atomic E-state index is 13.8. The maximum Gasteiger partial charge on any atom is 0.230 e. The Morgan fingerprint density at radius 1 is 1.30 bits per heavy atom. The average Bonchev–Trinajstić information content (AvgIpc) is 3.14. The number of amides is 1. The minimum Gasteiger partial charge on any atom is -0.356 e. The van der Waals surface area contributed by atoms with Gasteiger partial charge in [0.15, 0.2) is 23.2 Å². The molecule has 0 unspecified atom stereocenters. The lowest BCUT2D eigenvalue weighted by molar-refractivity contribution is -0.116. The van der Waals surface area contributed by atoms with Crippen LogP contribution >= 0.6 is 11.8 Å². The second-order valence-electron chi connectivity index (χ2n) is 6.18. The smallest absolute Gasteiger partial charge is 0.230 e. The highest BCUT2D eigenvalue weighted by atomic mass is 32.2. The van der Waals surface area contributed by atoms with Crippen LogP contribution in [0.5, 0.6) is 0 Å². The second kappa shape index (κ2) is 9.77. The van der Waals surface area contributed by atoms with Gasteiger partial charge in [-0.05, 0) is 43.4 Å². The van der Waals surface area contributed by atoms with Crippen molar-refractivity contribution in [3.05, 3.63) is 41.3 Å². The Balaban J connectivity index is 0.000000596. The first-order chi connectivity index (χ1) is 12.9. The minimum atomic E-state index is -1.51. The molecule has 148 valence electrons. The third-order valence-electron chi connectivity index (χ3n) is 4.20. The Morgan fingerprint density at radius 2 is 1.96 bits per heavy atom. The Kier molecular flexibility index (Phi) is 7.69. The lowest BCUT2D eigenvalue weighted by Gasteiger charge is -2.34. The van der Waals surface area contributed by atoms with Crippen LogP contribution in [0.25, 0.3) is 11.3 Å². The van der Waals surface area contributed by atoms with Gasteiger partial charge in [-0.25, -0.2) is 18.7 Å². The molecule has 0 radical (unpaired) electrons. The van der Waals surface area contributed by atoms with Gasteiger partial charge in [-0.3, -0.25) is 10.0 Å². The van der Waals surface area contributed by atoms with Gasteiger partial charge in [-0.15, -0.1) is 0 Å². The highest BCUT2D eigenvalue weighted by Gasteiger charge is 2.26. The number of carbonyl (C=O) groups excluding carboxylic acids is 1. The van der Waals surface area contributed by atoms with E-state index >= 15 is 0 Å². The van der Waals surface area contributed by atoms with Crippen molar-refractivity contribution in [3.63, 3.8) is 0 Å². The molecule has 0 aliphatic carbocycles. The first-order valence-corrected chi connectivity index (χ1v) is 9.31. The third kappa shape index (κ3) is 5.72. The summed E-state index contributed by atoms with van der Waals surface area (Å²) in [6.07, 6.45) is 2.32. The van der Waals surface area contributed by atoms with E-state index in [9.17, 15) is 13.2 Å². The van der Waals surface area contributed by atoms with Gasteiger partial charge in [0, 0.05) is 18.2 Å². The van der Waals surface area contributed by atoms with E-state index in [2.05, 4.69) is 17.4 Å². The zero-order valence-electron chi connectivity index (χ0n) is 14.6. The largest absolute Gasteiger partial charge is 0.356 e. The molecular formula is C17H20F3N3O3S. The summed E-state index contributed by atoms with van der Waals surface area (Å²) in [7, 11) is 0. The molecule has 0 saturated carbocycles. The lowest BCUT2D eigenvalue weighted by atomic mass is 9.95. The molecule has 2 aromatic rings. The van der Waals surface area contributed by atoms with Gasteiger partial charge < -0.3 is 9.84 Å². The van der Waals surface area contributed by atoms with E-state index in [-0.39, 0.29) is 23.3 Å². The minimum absolute atomic E-state index is 0.0532. The van der Waals surface area contributed by atoms with Gasteiger partial charge in [0.25, 0.3) is 0 Å². The van der Waals surface area contributed by atoms with Gasteiger partial charge in [0.05, 0.1) is 11.3 Å². The number of hydrogen-bond acceptors (Lipinski definition) is 6. The van der Waals surface area contributed by atoms with Crippen molar-refractivity contribution >= 4 is 18.2 Å². The summed E-state index contributed by atoms with van der Waals surface area (Å²) in [6, 6.07) is 3.56. The number of aromatic nitrogens is 1. The van der Waals surface area contributed by atoms with E-state index in [4.69, 9.17) is 14.5 Å². The number of rotatable bonds is 5. The van der Waals surface area contributed by atoms with E-state index < -0.39 is 17.5 Å². The third-order valence-corrected chi connectivity index (χ3v) is 5.19. The van der Waals surface area contributed by atoms with Crippen LogP contribution in [0.4, 0.5) is 13.2 Å². The Labute approximate surface area is 158 Å². The van der Waals surface area contributed by atoms with Gasteiger partial charge in [0.2, 0.25) is 6.41 Å². The topological polar surface area (TPSA) is 87.4 Å². The predicted octanol–water partition coefficient (Wildman–Crippen LogP) is 3.26. The number of nitrogens with zero attached hydrogens (tertiary/aromatic N) is 1. The molecule has 1 fully saturated rings. The molecule has 0 spiro atoms. The SMILES string of the molecule is CC1(NCc2cc(-c3ccc(F)c(F)c3F)on2)CCSCC1.O=CNO. The van der Waals surface area contributed by atoms with E-state index in [1.165, 1.54) is 5.48 Å². The summed E-state index contributed by atoms with van der Waals surface area (Å²) in [6.45, 7) is 2.65. The van der Waals surface area contributed by atoms with E-state index in [1.54, 1.807) is 6.07 Å². The molecule has 3 rings (SSSR count). The number of hydroxylamine groups is 1. The van der Waals surface area contributed by atoms with Crippen LogP contribution in [-0.4, -0.2) is 33.8 Å². The van der Waals surface area contributed by atoms with Crippen LogP contribution in [0.1, 0.15) is 25.5 Å². The van der Waals surface area contributed by atoms with Crippen LogP contribution in [0.15, 0.2) is 22.7 Å². The van der Waals surface area contributed by atoms with Crippen LogP contribution in [0.2, 0.25) is 0 Å². The first kappa shape index (κ1) is 21.3. The fraction of sp³-hybridized carbons (Fsp3) is 0.412. The van der Waals surface area contributed by atoms with Crippen molar-refractivity contribution < 1.29 is 27.7 Å². The van der Waals surface area contributed by atoms with E-state index in [1.807, 2.05) is 11.8 Å². The summed E-state index contributed by atoms with van der Waals surface area (Å²) in [4.78, 5) is 8.81. The summed E-state index contributed by atoms with van der Waals surface area (Å²) in [5.74, 6) is -1.68. The highest BCUT2D eigenvalue weighted by Crippen LogP contribution is 2.28. The predicted molar refractivity (Wildman–Crippen MR) is 94.6 cm³/mol. The molecule has 1 amide bonds. The summed E-state index contributed by atoms with van der Waals surface area (Å²) < 4.78 is 45.1. The summed E-state index contributed by atoms with van der Waals surface area (Å²) >= 11 is 1.94. The summed E-state index contributed by atoms with van der Waals surface area (Å²) in [5.41, 5.74) is 1.77. The standard InChI is InChI=1S/C16H17F3N2OS.CH3NO2/c1-16(4-6-23-7-5-16)20-9-10-8-13(22-21-10)11-2-3-12(17)15(19)14(11)18;3-1-2-4/h2-3,8,20H,4-7,9H2,1H3;1,4H,(H,2,3). The molecule has 1 saturated heterocycles.